The molecule has 1 amide bonds. The van der Waals surface area contributed by atoms with E-state index < -0.39 is 11.6 Å². The number of piperidine rings is 1. The van der Waals surface area contributed by atoms with Gasteiger partial charge in [-0.2, -0.15) is 0 Å². The maximum atomic E-state index is 14.8. The Labute approximate surface area is 205 Å². The lowest BCUT2D eigenvalue weighted by molar-refractivity contribution is -0.111. The summed E-state index contributed by atoms with van der Waals surface area (Å²) in [6, 6.07) is 2.69. The molecule has 2 atom stereocenters. The normalized spacial score (nSPS) is 24.9. The second-order valence-corrected chi connectivity index (χ2v) is 10.8. The molecule has 4 heterocycles. The van der Waals surface area contributed by atoms with Crippen LogP contribution in [0.15, 0.2) is 23.8 Å². The predicted molar refractivity (Wildman–Crippen MR) is 125 cm³/mol. The van der Waals surface area contributed by atoms with Gasteiger partial charge in [0.15, 0.2) is 0 Å². The van der Waals surface area contributed by atoms with E-state index in [-0.39, 0.29) is 35.2 Å². The minimum absolute atomic E-state index is 0.0244. The molecule has 35 heavy (non-hydrogen) atoms. The van der Waals surface area contributed by atoms with E-state index in [1.807, 2.05) is 6.92 Å². The Morgan fingerprint density at radius 2 is 1.91 bits per heavy atom. The van der Waals surface area contributed by atoms with Crippen LogP contribution in [0.3, 0.4) is 0 Å². The van der Waals surface area contributed by atoms with Gasteiger partial charge in [-0.15, -0.1) is 11.3 Å². The standard InChI is InChI=1S/C25H25F2N3O4S/c1-13-18(26)4-3-16(19(13)27)17-11-35-22-20(17)28-12-29-23(22)33-21-14-7-30(8-15(21)10-32-9-14)24(31)34-25(2)5-6-25/h3-4,11-12,14-15,21H,5-10H2,1-2H3. The maximum absolute atomic E-state index is 14.8. The Bertz CT molecular complexity index is 1300. The number of amides is 1. The van der Waals surface area contributed by atoms with Crippen molar-refractivity contribution in [3.63, 3.8) is 0 Å². The molecule has 184 valence electrons. The molecule has 2 bridgehead atoms. The van der Waals surface area contributed by atoms with Crippen LogP contribution < -0.4 is 4.74 Å². The van der Waals surface area contributed by atoms with Crippen LogP contribution in [0.2, 0.25) is 0 Å². The van der Waals surface area contributed by atoms with Crippen LogP contribution in [-0.4, -0.2) is 59.0 Å². The zero-order chi connectivity index (χ0) is 24.3. The fourth-order valence-corrected chi connectivity index (χ4v) is 5.85. The first-order valence-electron chi connectivity index (χ1n) is 11.7. The highest BCUT2D eigenvalue weighted by Gasteiger charge is 2.47. The molecule has 2 unspecified atom stereocenters. The van der Waals surface area contributed by atoms with Crippen LogP contribution in [-0.2, 0) is 9.47 Å². The van der Waals surface area contributed by atoms with Gasteiger partial charge in [-0.25, -0.2) is 23.5 Å². The summed E-state index contributed by atoms with van der Waals surface area (Å²) in [6.07, 6.45) is 2.75. The second-order valence-electron chi connectivity index (χ2n) is 9.90. The third kappa shape index (κ3) is 4.02. The molecular formula is C25H25F2N3O4S. The molecule has 0 N–H and O–H groups in total. The molecule has 1 aliphatic carbocycles. The summed E-state index contributed by atoms with van der Waals surface area (Å²) in [4.78, 5) is 23.2. The van der Waals surface area contributed by atoms with Crippen molar-refractivity contribution in [2.24, 2.45) is 11.8 Å². The topological polar surface area (TPSA) is 73.8 Å². The van der Waals surface area contributed by atoms with Crippen LogP contribution in [0.5, 0.6) is 5.88 Å². The summed E-state index contributed by atoms with van der Waals surface area (Å²) < 4.78 is 47.2. The van der Waals surface area contributed by atoms with E-state index >= 15 is 0 Å². The van der Waals surface area contributed by atoms with E-state index in [0.717, 1.165) is 12.8 Å². The predicted octanol–water partition coefficient (Wildman–Crippen LogP) is 4.96. The number of aromatic nitrogens is 2. The fourth-order valence-electron chi connectivity index (χ4n) is 4.90. The largest absolute Gasteiger partial charge is 0.472 e. The third-order valence-electron chi connectivity index (χ3n) is 7.23. The van der Waals surface area contributed by atoms with Crippen LogP contribution in [0.1, 0.15) is 25.3 Å². The van der Waals surface area contributed by atoms with Crippen LogP contribution in [0.25, 0.3) is 21.3 Å². The number of rotatable bonds is 4. The Hall–Kier alpha value is -2.85. The lowest BCUT2D eigenvalue weighted by Crippen LogP contribution is -2.59. The van der Waals surface area contributed by atoms with Crippen molar-refractivity contribution in [2.75, 3.05) is 26.3 Å². The molecule has 0 radical (unpaired) electrons. The molecule has 2 aromatic heterocycles. The van der Waals surface area contributed by atoms with Crippen LogP contribution in [0.4, 0.5) is 13.6 Å². The zero-order valence-electron chi connectivity index (χ0n) is 19.4. The van der Waals surface area contributed by atoms with Gasteiger partial charge >= 0.3 is 6.09 Å². The number of benzene rings is 1. The Balaban J connectivity index is 1.26. The van der Waals surface area contributed by atoms with Gasteiger partial charge in [0.2, 0.25) is 5.88 Å². The smallest absolute Gasteiger partial charge is 0.410 e. The minimum atomic E-state index is -0.600. The quantitative estimate of drug-likeness (QED) is 0.503. The number of ether oxygens (including phenoxy) is 3. The number of thiophene rings is 1. The number of halogens is 2. The Morgan fingerprint density at radius 1 is 1.17 bits per heavy atom. The van der Waals surface area contributed by atoms with Gasteiger partial charge in [0.05, 0.1) is 18.7 Å². The molecule has 0 spiro atoms. The van der Waals surface area contributed by atoms with Crippen LogP contribution in [0, 0.1) is 30.4 Å². The van der Waals surface area contributed by atoms with Crippen molar-refractivity contribution in [3.05, 3.63) is 41.0 Å². The average molecular weight is 502 g/mol. The van der Waals surface area contributed by atoms with E-state index in [0.29, 0.717) is 53.5 Å². The molecule has 10 heteroatoms. The lowest BCUT2D eigenvalue weighted by atomic mass is 9.84. The molecule has 1 aromatic carbocycles. The highest BCUT2D eigenvalue weighted by atomic mass is 32.1. The van der Waals surface area contributed by atoms with Crippen molar-refractivity contribution in [1.29, 1.82) is 0 Å². The van der Waals surface area contributed by atoms with E-state index in [1.165, 1.54) is 36.7 Å². The monoisotopic (exact) mass is 501 g/mol. The zero-order valence-corrected chi connectivity index (χ0v) is 20.2. The van der Waals surface area contributed by atoms with Gasteiger partial charge in [-0.3, -0.25) is 0 Å². The Morgan fingerprint density at radius 3 is 2.63 bits per heavy atom. The number of nitrogens with zero attached hydrogens (tertiary/aromatic N) is 3. The molecule has 1 saturated carbocycles. The molecule has 7 nitrogen and oxygen atoms in total. The van der Waals surface area contributed by atoms with E-state index in [1.54, 1.807) is 10.3 Å². The van der Waals surface area contributed by atoms with Crippen LogP contribution >= 0.6 is 11.3 Å². The molecule has 3 aromatic rings. The highest BCUT2D eigenvalue weighted by molar-refractivity contribution is 7.18. The lowest BCUT2D eigenvalue weighted by Gasteiger charge is -2.46. The van der Waals surface area contributed by atoms with Crippen molar-refractivity contribution in [2.45, 2.75) is 38.4 Å². The van der Waals surface area contributed by atoms with Crippen molar-refractivity contribution >= 4 is 27.6 Å². The average Bonchev–Trinajstić information content (AvgIpc) is 3.39. The molecular weight excluding hydrogens is 476 g/mol. The number of carbonyl (C=O) groups is 1. The number of hydrogen-bond acceptors (Lipinski definition) is 7. The van der Waals surface area contributed by atoms with Gasteiger partial charge in [-0.1, -0.05) is 0 Å². The first kappa shape index (κ1) is 22.6. The number of hydrogen-bond donors (Lipinski definition) is 0. The van der Waals surface area contributed by atoms with Crippen molar-refractivity contribution < 1.29 is 27.8 Å². The number of likely N-dealkylation sites (tertiary alicyclic amines) is 1. The first-order valence-corrected chi connectivity index (χ1v) is 12.6. The summed E-state index contributed by atoms with van der Waals surface area (Å²) >= 11 is 1.36. The number of carbonyl (C=O) groups excluding carboxylic acids is 1. The molecule has 2 saturated heterocycles. The fraction of sp³-hybridized carbons (Fsp3) is 0.480. The van der Waals surface area contributed by atoms with Gasteiger partial charge in [0, 0.05) is 47.0 Å². The molecule has 3 fully saturated rings. The van der Waals surface area contributed by atoms with Gasteiger partial charge < -0.3 is 19.1 Å². The van der Waals surface area contributed by atoms with Gasteiger partial charge in [-0.05, 0) is 38.8 Å². The summed E-state index contributed by atoms with van der Waals surface area (Å²) in [5.41, 5.74) is 1.09. The SMILES string of the molecule is Cc1c(F)ccc(-c2csc3c(OC4C5COCC4CN(C(=O)OC4(C)CC4)C5)ncnc23)c1F. The highest BCUT2D eigenvalue weighted by Crippen LogP contribution is 2.42. The van der Waals surface area contributed by atoms with E-state index in [9.17, 15) is 13.6 Å². The Kier molecular flexibility index (Phi) is 5.41. The first-order chi connectivity index (χ1) is 16.8. The minimum Gasteiger partial charge on any atom is -0.472 e. The summed E-state index contributed by atoms with van der Waals surface area (Å²) in [6.45, 7) is 5.30. The maximum Gasteiger partial charge on any atom is 0.410 e. The summed E-state index contributed by atoms with van der Waals surface area (Å²) in [5.74, 6) is -0.808. The van der Waals surface area contributed by atoms with Gasteiger partial charge in [0.1, 0.15) is 34.4 Å². The van der Waals surface area contributed by atoms with E-state index in [2.05, 4.69) is 9.97 Å². The molecule has 2 aliphatic heterocycles. The third-order valence-corrected chi connectivity index (χ3v) is 8.19. The number of fused-ring (bicyclic) bond motifs is 3. The van der Waals surface area contributed by atoms with E-state index in [4.69, 9.17) is 14.2 Å². The molecule has 3 aliphatic rings. The molecule has 6 rings (SSSR count). The van der Waals surface area contributed by atoms with Crippen molar-refractivity contribution in [3.8, 4) is 17.0 Å². The van der Waals surface area contributed by atoms with Crippen molar-refractivity contribution in [1.82, 2.24) is 14.9 Å². The summed E-state index contributed by atoms with van der Waals surface area (Å²) in [5, 5.41) is 1.79. The van der Waals surface area contributed by atoms with Gasteiger partial charge in [0.25, 0.3) is 0 Å². The second kappa shape index (κ2) is 8.37. The summed E-state index contributed by atoms with van der Waals surface area (Å²) in [7, 11) is 0.